The molecule has 2 atom stereocenters. The molecule has 2 unspecified atom stereocenters. The van der Waals surface area contributed by atoms with Crippen molar-refractivity contribution >= 4 is 6.09 Å². The van der Waals surface area contributed by atoms with Gasteiger partial charge in [0.05, 0.1) is 6.54 Å². The zero-order chi connectivity index (χ0) is 11.0. The number of carbonyl (C=O) groups excluding carboxylic acids is 1. The van der Waals surface area contributed by atoms with Crippen LogP contribution in [0.1, 0.15) is 0 Å². The second-order valence-corrected chi connectivity index (χ2v) is 4.30. The van der Waals surface area contributed by atoms with Crippen LogP contribution in [0.2, 0.25) is 0 Å². The van der Waals surface area contributed by atoms with Crippen molar-refractivity contribution in [2.45, 2.75) is 6.43 Å². The van der Waals surface area contributed by atoms with E-state index in [1.54, 1.807) is 4.90 Å². The second-order valence-electron chi connectivity index (χ2n) is 4.30. The van der Waals surface area contributed by atoms with Gasteiger partial charge in [-0.2, -0.15) is 0 Å². The molecule has 2 aliphatic rings. The topological polar surface area (TPSA) is 46.6 Å². The van der Waals surface area contributed by atoms with Crippen LogP contribution in [0.25, 0.3) is 0 Å². The minimum atomic E-state index is -2.30. The van der Waals surface area contributed by atoms with E-state index in [1.807, 2.05) is 0 Å². The number of carboxylic acid groups (broad SMARTS) is 1. The van der Waals surface area contributed by atoms with Gasteiger partial charge in [-0.25, -0.2) is 8.78 Å². The third-order valence-corrected chi connectivity index (χ3v) is 3.22. The molecule has 0 N–H and O–H groups in total. The SMILES string of the molecule is O=C([O-])N1CC2CN(CC(F)F)CC2C1. The highest BCUT2D eigenvalue weighted by Crippen LogP contribution is 2.30. The highest BCUT2D eigenvalue weighted by Gasteiger charge is 2.40. The normalized spacial score (nSPS) is 31.3. The van der Waals surface area contributed by atoms with Crippen LogP contribution in [0.5, 0.6) is 0 Å². The lowest BCUT2D eigenvalue weighted by atomic mass is 10.0. The molecule has 0 aliphatic carbocycles. The Morgan fingerprint density at radius 2 is 1.80 bits per heavy atom. The Morgan fingerprint density at radius 1 is 1.27 bits per heavy atom. The Morgan fingerprint density at radius 3 is 2.20 bits per heavy atom. The van der Waals surface area contributed by atoms with Crippen molar-refractivity contribution in [3.63, 3.8) is 0 Å². The van der Waals surface area contributed by atoms with Crippen LogP contribution in [0, 0.1) is 11.8 Å². The summed E-state index contributed by atoms with van der Waals surface area (Å²) in [5.41, 5.74) is 0. The first-order valence-corrected chi connectivity index (χ1v) is 5.02. The first-order chi connectivity index (χ1) is 7.06. The number of hydrogen-bond donors (Lipinski definition) is 0. The van der Waals surface area contributed by atoms with Crippen LogP contribution in [0.15, 0.2) is 0 Å². The van der Waals surface area contributed by atoms with Crippen LogP contribution in [0.3, 0.4) is 0 Å². The average Bonchev–Trinajstić information content (AvgIpc) is 2.58. The summed E-state index contributed by atoms with van der Waals surface area (Å²) in [6, 6.07) is 0. The summed E-state index contributed by atoms with van der Waals surface area (Å²) in [5, 5.41) is 10.6. The number of rotatable bonds is 2. The average molecular weight is 219 g/mol. The van der Waals surface area contributed by atoms with Gasteiger partial charge in [-0.15, -0.1) is 0 Å². The van der Waals surface area contributed by atoms with Crippen molar-refractivity contribution in [3.05, 3.63) is 0 Å². The lowest BCUT2D eigenvalue weighted by Crippen LogP contribution is -2.41. The summed E-state index contributed by atoms with van der Waals surface area (Å²) in [6.07, 6.45) is -3.45. The van der Waals surface area contributed by atoms with Gasteiger partial charge in [-0.1, -0.05) is 0 Å². The number of hydrogen-bond acceptors (Lipinski definition) is 3. The first kappa shape index (κ1) is 10.6. The summed E-state index contributed by atoms with van der Waals surface area (Å²) in [7, 11) is 0. The van der Waals surface area contributed by atoms with E-state index in [1.165, 1.54) is 4.90 Å². The first-order valence-electron chi connectivity index (χ1n) is 5.02. The van der Waals surface area contributed by atoms with Crippen molar-refractivity contribution in [1.82, 2.24) is 9.80 Å². The van der Waals surface area contributed by atoms with E-state index in [9.17, 15) is 18.7 Å². The summed E-state index contributed by atoms with van der Waals surface area (Å²) >= 11 is 0. The van der Waals surface area contributed by atoms with Crippen molar-refractivity contribution in [2.24, 2.45) is 11.8 Å². The Balaban J connectivity index is 1.85. The Kier molecular flexibility index (Phi) is 2.77. The number of amides is 1. The van der Waals surface area contributed by atoms with Gasteiger partial charge in [0.15, 0.2) is 0 Å². The quantitative estimate of drug-likeness (QED) is 0.626. The van der Waals surface area contributed by atoms with Crippen molar-refractivity contribution in [2.75, 3.05) is 32.7 Å². The van der Waals surface area contributed by atoms with Crippen LogP contribution in [-0.4, -0.2) is 55.0 Å². The standard InChI is InChI=1S/C9H14F2N2O2/c10-8(11)5-12-1-6-3-13(9(14)15)4-7(6)2-12/h6-8H,1-5H2,(H,14,15)/p-1. The summed E-state index contributed by atoms with van der Waals surface area (Å²) in [6.45, 7) is 1.84. The number of nitrogens with zero attached hydrogens (tertiary/aromatic N) is 2. The molecular weight excluding hydrogens is 206 g/mol. The van der Waals surface area contributed by atoms with Gasteiger partial charge in [-0.05, 0) is 11.8 Å². The molecule has 2 aliphatic heterocycles. The molecule has 0 bridgehead atoms. The molecule has 6 heteroatoms. The van der Waals surface area contributed by atoms with E-state index in [-0.39, 0.29) is 18.4 Å². The predicted molar refractivity (Wildman–Crippen MR) is 46.4 cm³/mol. The summed E-state index contributed by atoms with van der Waals surface area (Å²) < 4.78 is 24.2. The lowest BCUT2D eigenvalue weighted by molar-refractivity contribution is -0.264. The number of fused-ring (bicyclic) bond motifs is 1. The zero-order valence-corrected chi connectivity index (χ0v) is 8.23. The zero-order valence-electron chi connectivity index (χ0n) is 8.23. The van der Waals surface area contributed by atoms with Crippen molar-refractivity contribution in [3.8, 4) is 0 Å². The molecule has 2 rings (SSSR count). The molecule has 0 aromatic heterocycles. The molecule has 0 radical (unpaired) electrons. The fourth-order valence-corrected chi connectivity index (χ4v) is 2.58. The molecule has 2 heterocycles. The highest BCUT2D eigenvalue weighted by atomic mass is 19.3. The molecule has 0 saturated carbocycles. The smallest absolute Gasteiger partial charge is 0.251 e. The second kappa shape index (κ2) is 3.92. The van der Waals surface area contributed by atoms with Crippen LogP contribution < -0.4 is 5.11 Å². The molecule has 2 fully saturated rings. The molecule has 1 amide bonds. The number of likely N-dealkylation sites (tertiary alicyclic amines) is 2. The third-order valence-electron chi connectivity index (χ3n) is 3.22. The van der Waals surface area contributed by atoms with Gasteiger partial charge in [0.25, 0.3) is 6.43 Å². The monoisotopic (exact) mass is 219 g/mol. The van der Waals surface area contributed by atoms with E-state index in [0.717, 1.165) is 0 Å². The summed E-state index contributed by atoms with van der Waals surface area (Å²) in [5.74, 6) is 0.420. The van der Waals surface area contributed by atoms with Gasteiger partial charge < -0.3 is 14.8 Å². The minimum Gasteiger partial charge on any atom is -0.530 e. The maximum absolute atomic E-state index is 12.1. The Hall–Kier alpha value is -0.910. The molecule has 0 aromatic carbocycles. The van der Waals surface area contributed by atoms with Gasteiger partial charge in [0, 0.05) is 26.2 Å². The van der Waals surface area contributed by atoms with E-state index >= 15 is 0 Å². The molecule has 86 valence electrons. The largest absolute Gasteiger partial charge is 0.530 e. The number of alkyl halides is 2. The molecule has 2 saturated heterocycles. The lowest BCUT2D eigenvalue weighted by Gasteiger charge is -2.22. The van der Waals surface area contributed by atoms with Crippen molar-refractivity contribution in [1.29, 1.82) is 0 Å². The van der Waals surface area contributed by atoms with E-state index < -0.39 is 12.5 Å². The third kappa shape index (κ3) is 2.19. The minimum absolute atomic E-state index is 0.196. The number of carbonyl (C=O) groups is 1. The van der Waals surface area contributed by atoms with Crippen molar-refractivity contribution < 1.29 is 18.7 Å². The van der Waals surface area contributed by atoms with Gasteiger partial charge in [0.1, 0.15) is 6.09 Å². The molecule has 0 spiro atoms. The maximum atomic E-state index is 12.1. The fraction of sp³-hybridized carbons (Fsp3) is 0.889. The fourth-order valence-electron chi connectivity index (χ4n) is 2.58. The molecule has 15 heavy (non-hydrogen) atoms. The van der Waals surface area contributed by atoms with E-state index in [2.05, 4.69) is 0 Å². The van der Waals surface area contributed by atoms with Crippen LogP contribution in [0.4, 0.5) is 13.6 Å². The van der Waals surface area contributed by atoms with Gasteiger partial charge in [-0.3, -0.25) is 4.90 Å². The van der Waals surface area contributed by atoms with E-state index in [4.69, 9.17) is 0 Å². The van der Waals surface area contributed by atoms with Gasteiger partial charge >= 0.3 is 0 Å². The van der Waals surface area contributed by atoms with Crippen LogP contribution >= 0.6 is 0 Å². The predicted octanol–water partition coefficient (Wildman–Crippen LogP) is -0.542. The molecular formula is C9H13F2N2O2-. The molecule has 0 aromatic rings. The number of halogens is 2. The van der Waals surface area contributed by atoms with E-state index in [0.29, 0.717) is 26.2 Å². The van der Waals surface area contributed by atoms with Gasteiger partial charge in [0.2, 0.25) is 0 Å². The highest BCUT2D eigenvalue weighted by molar-refractivity contribution is 5.63. The van der Waals surface area contributed by atoms with Crippen LogP contribution in [-0.2, 0) is 0 Å². The summed E-state index contributed by atoms with van der Waals surface area (Å²) in [4.78, 5) is 13.6. The Bertz CT molecular complexity index is 248. The molecule has 4 nitrogen and oxygen atoms in total. The Labute approximate surface area is 86.5 Å². The maximum Gasteiger partial charge on any atom is 0.251 e.